The number of nitrogen functional groups attached to an aromatic ring is 1. The lowest BCUT2D eigenvalue weighted by molar-refractivity contribution is 0.475. The predicted octanol–water partition coefficient (Wildman–Crippen LogP) is 4.54. The van der Waals surface area contributed by atoms with Crippen molar-refractivity contribution in [3.63, 3.8) is 0 Å². The normalized spacial score (nSPS) is 10.8. The van der Waals surface area contributed by atoms with E-state index in [0.29, 0.717) is 28.9 Å². The Morgan fingerprint density at radius 1 is 1.00 bits per heavy atom. The van der Waals surface area contributed by atoms with Crippen molar-refractivity contribution in [1.82, 2.24) is 4.98 Å². The molecule has 5 heteroatoms. The second-order valence-electron chi connectivity index (χ2n) is 5.47. The fraction of sp³-hybridized carbons (Fsp3) is 0.105. The molecule has 0 amide bonds. The minimum Gasteiger partial charge on any atom is -0.508 e. The molecule has 0 saturated heterocycles. The Kier molecular flexibility index (Phi) is 4.16. The molecule has 0 radical (unpaired) electrons. The van der Waals surface area contributed by atoms with E-state index in [1.807, 2.05) is 6.92 Å². The van der Waals surface area contributed by atoms with Crippen molar-refractivity contribution in [2.75, 3.05) is 5.73 Å². The summed E-state index contributed by atoms with van der Waals surface area (Å²) < 4.78 is 27.2. The first-order chi connectivity index (χ1) is 11.5. The first-order valence-corrected chi connectivity index (χ1v) is 7.52. The van der Waals surface area contributed by atoms with E-state index in [4.69, 9.17) is 5.73 Å². The Balaban J connectivity index is 2.25. The highest BCUT2D eigenvalue weighted by Gasteiger charge is 2.16. The third-order valence-electron chi connectivity index (χ3n) is 3.90. The molecule has 0 atom stereocenters. The van der Waals surface area contributed by atoms with Gasteiger partial charge in [0.15, 0.2) is 0 Å². The van der Waals surface area contributed by atoms with Crippen LogP contribution in [-0.2, 0) is 6.42 Å². The van der Waals surface area contributed by atoms with Crippen molar-refractivity contribution < 1.29 is 13.9 Å². The molecule has 3 nitrogen and oxygen atoms in total. The molecule has 122 valence electrons. The summed E-state index contributed by atoms with van der Waals surface area (Å²) in [6, 6.07) is 9.97. The topological polar surface area (TPSA) is 59.1 Å². The van der Waals surface area contributed by atoms with E-state index < -0.39 is 11.6 Å². The molecule has 0 aliphatic carbocycles. The lowest BCUT2D eigenvalue weighted by Gasteiger charge is -2.16. The molecule has 3 aromatic rings. The standard InChI is InChI=1S/C19H16F2N2O/c1-2-16-17(12-7-13(20)9-14(21)8-12)10-23-19(22)18(16)11-3-5-15(24)6-4-11/h3-10,24H,2H2,1H3,(H2,22,23). The quantitative estimate of drug-likeness (QED) is 0.742. The molecular formula is C19H16F2N2O. The zero-order valence-electron chi connectivity index (χ0n) is 13.1. The van der Waals surface area contributed by atoms with Gasteiger partial charge in [-0.2, -0.15) is 0 Å². The van der Waals surface area contributed by atoms with Gasteiger partial charge in [0.2, 0.25) is 0 Å². The summed E-state index contributed by atoms with van der Waals surface area (Å²) in [6.07, 6.45) is 2.14. The number of pyridine rings is 1. The van der Waals surface area contributed by atoms with Crippen molar-refractivity contribution in [2.24, 2.45) is 0 Å². The number of hydrogen-bond acceptors (Lipinski definition) is 3. The average Bonchev–Trinajstić information content (AvgIpc) is 2.54. The highest BCUT2D eigenvalue weighted by molar-refractivity contribution is 5.84. The highest BCUT2D eigenvalue weighted by Crippen LogP contribution is 2.36. The smallest absolute Gasteiger partial charge is 0.131 e. The van der Waals surface area contributed by atoms with Gasteiger partial charge in [-0.25, -0.2) is 13.8 Å². The van der Waals surface area contributed by atoms with Gasteiger partial charge in [0.1, 0.15) is 23.2 Å². The van der Waals surface area contributed by atoms with E-state index in [0.717, 1.165) is 17.2 Å². The summed E-state index contributed by atoms with van der Waals surface area (Å²) in [6.45, 7) is 1.94. The van der Waals surface area contributed by atoms with Crippen LogP contribution in [0.5, 0.6) is 5.75 Å². The van der Waals surface area contributed by atoms with Crippen LogP contribution < -0.4 is 5.73 Å². The van der Waals surface area contributed by atoms with Gasteiger partial charge in [-0.05, 0) is 47.4 Å². The number of hydrogen-bond donors (Lipinski definition) is 2. The summed E-state index contributed by atoms with van der Waals surface area (Å²) >= 11 is 0. The van der Waals surface area contributed by atoms with Crippen molar-refractivity contribution in [3.05, 3.63) is 65.9 Å². The second-order valence-corrected chi connectivity index (χ2v) is 5.47. The van der Waals surface area contributed by atoms with Gasteiger partial charge in [-0.15, -0.1) is 0 Å². The minimum atomic E-state index is -0.643. The lowest BCUT2D eigenvalue weighted by atomic mass is 9.92. The molecule has 3 N–H and O–H groups in total. The summed E-state index contributed by atoms with van der Waals surface area (Å²) in [7, 11) is 0. The van der Waals surface area contributed by atoms with Crippen LogP contribution in [0.1, 0.15) is 12.5 Å². The number of nitrogens with two attached hydrogens (primary N) is 1. The van der Waals surface area contributed by atoms with Gasteiger partial charge in [-0.3, -0.25) is 0 Å². The third kappa shape index (κ3) is 2.93. The number of phenolic OH excluding ortho intramolecular Hbond substituents is 1. The van der Waals surface area contributed by atoms with Crippen molar-refractivity contribution in [3.8, 4) is 28.0 Å². The zero-order chi connectivity index (χ0) is 17.3. The van der Waals surface area contributed by atoms with Crippen LogP contribution in [-0.4, -0.2) is 10.1 Å². The number of aromatic hydroxyl groups is 1. The number of benzene rings is 2. The number of anilines is 1. The van der Waals surface area contributed by atoms with Crippen molar-refractivity contribution in [1.29, 1.82) is 0 Å². The Bertz CT molecular complexity index is 872. The molecule has 3 rings (SSSR count). The molecule has 0 aliphatic heterocycles. The molecule has 0 aliphatic rings. The summed E-state index contributed by atoms with van der Waals surface area (Å²) in [5, 5.41) is 9.46. The van der Waals surface area contributed by atoms with Gasteiger partial charge in [0.25, 0.3) is 0 Å². The van der Waals surface area contributed by atoms with Crippen molar-refractivity contribution in [2.45, 2.75) is 13.3 Å². The van der Waals surface area contributed by atoms with Crippen LogP contribution in [0.25, 0.3) is 22.3 Å². The van der Waals surface area contributed by atoms with Gasteiger partial charge in [-0.1, -0.05) is 19.1 Å². The van der Waals surface area contributed by atoms with Gasteiger partial charge >= 0.3 is 0 Å². The van der Waals surface area contributed by atoms with E-state index in [1.165, 1.54) is 18.3 Å². The Morgan fingerprint density at radius 2 is 1.62 bits per heavy atom. The third-order valence-corrected chi connectivity index (χ3v) is 3.90. The van der Waals surface area contributed by atoms with Crippen molar-refractivity contribution >= 4 is 5.82 Å². The van der Waals surface area contributed by atoms with E-state index in [2.05, 4.69) is 4.98 Å². The maximum atomic E-state index is 13.6. The molecule has 1 heterocycles. The molecule has 0 unspecified atom stereocenters. The van der Waals surface area contributed by atoms with Crippen LogP contribution in [0, 0.1) is 11.6 Å². The molecule has 0 bridgehead atoms. The number of aromatic nitrogens is 1. The van der Waals surface area contributed by atoms with E-state index >= 15 is 0 Å². The largest absolute Gasteiger partial charge is 0.508 e. The summed E-state index contributed by atoms with van der Waals surface area (Å²) in [5.41, 5.74) is 9.44. The molecular weight excluding hydrogens is 310 g/mol. The number of rotatable bonds is 3. The highest BCUT2D eigenvalue weighted by atomic mass is 19.1. The number of phenols is 1. The first-order valence-electron chi connectivity index (χ1n) is 7.52. The fourth-order valence-corrected chi connectivity index (χ4v) is 2.84. The Labute approximate surface area is 138 Å². The maximum absolute atomic E-state index is 13.6. The zero-order valence-corrected chi connectivity index (χ0v) is 13.1. The molecule has 0 saturated carbocycles. The Hall–Kier alpha value is -2.95. The van der Waals surface area contributed by atoms with Gasteiger partial charge in [0, 0.05) is 23.4 Å². The van der Waals surface area contributed by atoms with E-state index in [-0.39, 0.29) is 5.75 Å². The summed E-state index contributed by atoms with van der Waals surface area (Å²) in [5.74, 6) is -0.810. The Morgan fingerprint density at radius 3 is 2.21 bits per heavy atom. The number of nitrogens with zero attached hydrogens (tertiary/aromatic N) is 1. The monoisotopic (exact) mass is 326 g/mol. The fourth-order valence-electron chi connectivity index (χ4n) is 2.84. The first kappa shape index (κ1) is 15.9. The van der Waals surface area contributed by atoms with Gasteiger partial charge in [0.05, 0.1) is 0 Å². The molecule has 0 spiro atoms. The van der Waals surface area contributed by atoms with Gasteiger partial charge < -0.3 is 10.8 Å². The molecule has 0 fully saturated rings. The molecule has 24 heavy (non-hydrogen) atoms. The van der Waals surface area contributed by atoms with E-state index in [9.17, 15) is 13.9 Å². The molecule has 2 aromatic carbocycles. The average molecular weight is 326 g/mol. The minimum absolute atomic E-state index is 0.145. The predicted molar refractivity (Wildman–Crippen MR) is 90.5 cm³/mol. The SMILES string of the molecule is CCc1c(-c2cc(F)cc(F)c2)cnc(N)c1-c1ccc(O)cc1. The van der Waals surface area contributed by atoms with Crippen LogP contribution in [0.2, 0.25) is 0 Å². The number of halogens is 2. The van der Waals surface area contributed by atoms with Crippen LogP contribution in [0.15, 0.2) is 48.7 Å². The lowest BCUT2D eigenvalue weighted by Crippen LogP contribution is -2.01. The second kappa shape index (κ2) is 6.28. The van der Waals surface area contributed by atoms with E-state index in [1.54, 1.807) is 24.3 Å². The van der Waals surface area contributed by atoms with Crippen LogP contribution in [0.4, 0.5) is 14.6 Å². The molecule has 1 aromatic heterocycles. The van der Waals surface area contributed by atoms with Crippen LogP contribution >= 0.6 is 0 Å². The maximum Gasteiger partial charge on any atom is 0.131 e. The summed E-state index contributed by atoms with van der Waals surface area (Å²) in [4.78, 5) is 4.19. The van der Waals surface area contributed by atoms with Crippen LogP contribution in [0.3, 0.4) is 0 Å².